The topological polar surface area (TPSA) is 54.8 Å². The van der Waals surface area contributed by atoms with Gasteiger partial charge in [-0.2, -0.15) is 0 Å². The van der Waals surface area contributed by atoms with Crippen molar-refractivity contribution >= 4 is 10.9 Å². The fourth-order valence-electron chi connectivity index (χ4n) is 4.96. The summed E-state index contributed by atoms with van der Waals surface area (Å²) in [4.78, 5) is 6.85. The van der Waals surface area contributed by atoms with Crippen LogP contribution in [0.2, 0.25) is 0 Å². The van der Waals surface area contributed by atoms with Crippen molar-refractivity contribution in [2.24, 2.45) is 11.8 Å². The Morgan fingerprint density at radius 2 is 1.97 bits per heavy atom. The zero-order valence-corrected chi connectivity index (χ0v) is 20.2. The van der Waals surface area contributed by atoms with Gasteiger partial charge in [-0.05, 0) is 86.0 Å². The van der Waals surface area contributed by atoms with Gasteiger partial charge in [-0.3, -0.25) is 9.88 Å². The highest BCUT2D eigenvalue weighted by Crippen LogP contribution is 2.29. The van der Waals surface area contributed by atoms with Crippen LogP contribution in [-0.4, -0.2) is 55.5 Å². The molecule has 34 heavy (non-hydrogen) atoms. The third-order valence-corrected chi connectivity index (χ3v) is 6.90. The summed E-state index contributed by atoms with van der Waals surface area (Å²) in [5, 5.41) is 11.2. The first-order chi connectivity index (χ1) is 16.7. The zero-order valence-electron chi connectivity index (χ0n) is 20.2. The Kier molecular flexibility index (Phi) is 8.41. The molecule has 4 rings (SSSR count). The average Bonchev–Trinajstić information content (AvgIpc) is 2.89. The molecule has 0 amide bonds. The number of aryl methyl sites for hydroxylation is 1. The number of piperidine rings is 1. The number of likely N-dealkylation sites (tertiary alicyclic amines) is 1. The van der Waals surface area contributed by atoms with Crippen LogP contribution in [-0.2, 0) is 6.42 Å². The van der Waals surface area contributed by atoms with Crippen molar-refractivity contribution in [3.8, 4) is 23.3 Å². The molecule has 0 aliphatic carbocycles. The minimum absolute atomic E-state index is 0.233. The second kappa shape index (κ2) is 11.9. The van der Waals surface area contributed by atoms with E-state index < -0.39 is 0 Å². The maximum Gasteiger partial charge on any atom is 0.134 e. The van der Waals surface area contributed by atoms with Crippen molar-refractivity contribution in [1.29, 1.82) is 0 Å². The molecule has 5 nitrogen and oxygen atoms in total. The van der Waals surface area contributed by atoms with Gasteiger partial charge in [-0.1, -0.05) is 24.0 Å². The minimum atomic E-state index is 0.233. The van der Waals surface area contributed by atoms with Crippen molar-refractivity contribution in [2.75, 3.05) is 40.5 Å². The Morgan fingerprint density at radius 1 is 1.09 bits per heavy atom. The van der Waals surface area contributed by atoms with Crippen molar-refractivity contribution < 1.29 is 14.6 Å². The van der Waals surface area contributed by atoms with Gasteiger partial charge >= 0.3 is 0 Å². The van der Waals surface area contributed by atoms with E-state index in [1.807, 2.05) is 42.6 Å². The molecule has 5 heteroatoms. The molecular weight excluding hydrogens is 424 g/mol. The molecule has 1 N–H and O–H groups in total. The Bertz CT molecular complexity index is 1150. The van der Waals surface area contributed by atoms with Crippen LogP contribution in [0.4, 0.5) is 0 Å². The fourth-order valence-corrected chi connectivity index (χ4v) is 4.96. The van der Waals surface area contributed by atoms with E-state index in [1.54, 1.807) is 14.2 Å². The Balaban J connectivity index is 1.31. The van der Waals surface area contributed by atoms with Crippen LogP contribution in [0.3, 0.4) is 0 Å². The molecule has 2 atom stereocenters. The maximum atomic E-state index is 10.1. The quantitative estimate of drug-likeness (QED) is 0.502. The zero-order chi connectivity index (χ0) is 23.8. The van der Waals surface area contributed by atoms with Crippen molar-refractivity contribution in [3.05, 3.63) is 65.9 Å². The molecule has 1 fully saturated rings. The highest BCUT2D eigenvalue weighted by Gasteiger charge is 2.28. The van der Waals surface area contributed by atoms with Crippen molar-refractivity contribution in [3.63, 3.8) is 0 Å². The summed E-state index contributed by atoms with van der Waals surface area (Å²) >= 11 is 0. The summed E-state index contributed by atoms with van der Waals surface area (Å²) in [5.74, 6) is 9.05. The van der Waals surface area contributed by atoms with Crippen LogP contribution in [0.25, 0.3) is 10.9 Å². The third-order valence-electron chi connectivity index (χ3n) is 6.90. The number of benzene rings is 2. The van der Waals surface area contributed by atoms with E-state index in [1.165, 1.54) is 10.9 Å². The molecule has 2 aromatic carbocycles. The molecule has 3 aromatic rings. The van der Waals surface area contributed by atoms with Gasteiger partial charge in [0.2, 0.25) is 0 Å². The van der Waals surface area contributed by atoms with Crippen LogP contribution < -0.4 is 9.47 Å². The molecular formula is C29H34N2O3. The first-order valence-electron chi connectivity index (χ1n) is 12.1. The van der Waals surface area contributed by atoms with Gasteiger partial charge in [-0.15, -0.1) is 0 Å². The van der Waals surface area contributed by atoms with Gasteiger partial charge in [-0.25, -0.2) is 0 Å². The van der Waals surface area contributed by atoms with Gasteiger partial charge in [0.05, 0.1) is 31.8 Å². The van der Waals surface area contributed by atoms with E-state index in [0.29, 0.717) is 18.4 Å². The lowest BCUT2D eigenvalue weighted by Crippen LogP contribution is -2.42. The lowest BCUT2D eigenvalue weighted by Gasteiger charge is -2.37. The van der Waals surface area contributed by atoms with Crippen molar-refractivity contribution in [2.45, 2.75) is 25.7 Å². The second-order valence-corrected chi connectivity index (χ2v) is 8.97. The second-order valence-electron chi connectivity index (χ2n) is 8.97. The number of para-hydroxylation sites is 1. The van der Waals surface area contributed by atoms with E-state index >= 15 is 0 Å². The Morgan fingerprint density at radius 3 is 2.79 bits per heavy atom. The van der Waals surface area contributed by atoms with Crippen molar-refractivity contribution in [1.82, 2.24) is 9.88 Å². The average molecular weight is 459 g/mol. The van der Waals surface area contributed by atoms with E-state index in [9.17, 15) is 5.11 Å². The smallest absolute Gasteiger partial charge is 0.134 e. The highest BCUT2D eigenvalue weighted by atomic mass is 16.5. The molecule has 178 valence electrons. The van der Waals surface area contributed by atoms with Gasteiger partial charge < -0.3 is 14.6 Å². The highest BCUT2D eigenvalue weighted by molar-refractivity contribution is 5.83. The molecule has 0 spiro atoms. The van der Waals surface area contributed by atoms with Gasteiger partial charge in [0.1, 0.15) is 11.5 Å². The molecule has 0 unspecified atom stereocenters. The number of pyridine rings is 1. The summed E-state index contributed by atoms with van der Waals surface area (Å²) in [6, 6.07) is 16.0. The number of aliphatic hydroxyl groups is 1. The summed E-state index contributed by atoms with van der Waals surface area (Å²) in [6.45, 7) is 2.87. The van der Waals surface area contributed by atoms with E-state index in [2.05, 4.69) is 33.9 Å². The molecule has 1 saturated heterocycles. The summed E-state index contributed by atoms with van der Waals surface area (Å²) in [7, 11) is 3.37. The number of aliphatic hydroxyl groups excluding tert-OH is 1. The third kappa shape index (κ3) is 5.88. The van der Waals surface area contributed by atoms with E-state index in [4.69, 9.17) is 9.47 Å². The number of fused-ring (bicyclic) bond motifs is 1. The Hall–Kier alpha value is -3.07. The largest absolute Gasteiger partial charge is 0.497 e. The molecule has 1 aliphatic rings. The molecule has 0 radical (unpaired) electrons. The number of ether oxygens (including phenoxy) is 2. The summed E-state index contributed by atoms with van der Waals surface area (Å²) in [6.07, 6.45) is 6.23. The van der Waals surface area contributed by atoms with Crippen LogP contribution >= 0.6 is 0 Å². The lowest BCUT2D eigenvalue weighted by molar-refractivity contribution is 0.0748. The van der Waals surface area contributed by atoms with Gasteiger partial charge in [0.25, 0.3) is 0 Å². The summed E-state index contributed by atoms with van der Waals surface area (Å²) < 4.78 is 10.8. The SMILES string of the molecule is COc1ccc2nccc(CCC[C@@H]3CCN(CC#Cc4ccccc4OC)C[C@@H]3CO)c2c1. The number of rotatable bonds is 8. The predicted octanol–water partition coefficient (Wildman–Crippen LogP) is 4.56. The monoisotopic (exact) mass is 458 g/mol. The molecule has 1 aromatic heterocycles. The standard InChI is InChI=1S/C29H34N2O3/c1-33-26-12-13-28-27(19-26)23(14-16-30-28)9-5-8-22-15-18-31(20-25(22)21-32)17-6-10-24-7-3-4-11-29(24)34-2/h3-4,7,11-14,16,19,22,25,32H,5,8-9,15,17-18,20-21H2,1-2H3/t22-,25-/m1/s1. The minimum Gasteiger partial charge on any atom is -0.497 e. The first kappa shape index (κ1) is 24.1. The summed E-state index contributed by atoms with van der Waals surface area (Å²) in [5.41, 5.74) is 3.24. The molecule has 0 bridgehead atoms. The number of hydrogen-bond acceptors (Lipinski definition) is 5. The number of methoxy groups -OCH3 is 2. The number of nitrogens with zero attached hydrogens (tertiary/aromatic N) is 2. The normalized spacial score (nSPS) is 18.3. The molecule has 1 aliphatic heterocycles. The molecule has 0 saturated carbocycles. The lowest BCUT2D eigenvalue weighted by atomic mass is 9.82. The van der Waals surface area contributed by atoms with Crippen LogP contribution in [0.1, 0.15) is 30.4 Å². The van der Waals surface area contributed by atoms with Gasteiger partial charge in [0.15, 0.2) is 0 Å². The molecule has 2 heterocycles. The number of aromatic nitrogens is 1. The predicted molar refractivity (Wildman–Crippen MR) is 136 cm³/mol. The fraction of sp³-hybridized carbons (Fsp3) is 0.414. The van der Waals surface area contributed by atoms with Crippen LogP contribution in [0, 0.1) is 23.7 Å². The van der Waals surface area contributed by atoms with Gasteiger partial charge in [0, 0.05) is 24.7 Å². The first-order valence-corrected chi connectivity index (χ1v) is 12.1. The van der Waals surface area contributed by atoms with Crippen LogP contribution in [0.5, 0.6) is 11.5 Å². The number of hydrogen-bond donors (Lipinski definition) is 1. The Labute approximate surface area is 202 Å². The van der Waals surface area contributed by atoms with Crippen LogP contribution in [0.15, 0.2) is 54.7 Å². The van der Waals surface area contributed by atoms with E-state index in [-0.39, 0.29) is 6.61 Å². The van der Waals surface area contributed by atoms with E-state index in [0.717, 1.165) is 61.4 Å². The maximum absolute atomic E-state index is 10.1.